The lowest BCUT2D eigenvalue weighted by Crippen LogP contribution is -2.45. The summed E-state index contributed by atoms with van der Waals surface area (Å²) >= 11 is 1.31. The van der Waals surface area contributed by atoms with Crippen LogP contribution >= 0.6 is 15.9 Å². The van der Waals surface area contributed by atoms with E-state index in [0.717, 1.165) is 0 Å². The van der Waals surface area contributed by atoms with Gasteiger partial charge in [-0.2, -0.15) is 43.9 Å². The lowest BCUT2D eigenvalue weighted by Gasteiger charge is -2.23. The minimum Gasteiger partial charge on any atom is -0.434 e. The zero-order valence-corrected chi connectivity index (χ0v) is 11.5. The van der Waals surface area contributed by atoms with E-state index in [2.05, 4.69) is 9.47 Å². The van der Waals surface area contributed by atoms with Gasteiger partial charge in [0.1, 0.15) is 6.61 Å². The van der Waals surface area contributed by atoms with Crippen LogP contribution in [0, 0.1) is 0 Å². The van der Waals surface area contributed by atoms with E-state index >= 15 is 0 Å². The molecule has 14 heteroatoms. The molecule has 22 heavy (non-hydrogen) atoms. The maximum Gasteiger partial charge on any atom is 0.509 e. The van der Waals surface area contributed by atoms with Gasteiger partial charge in [0, 0.05) is 0 Å². The molecule has 0 unspecified atom stereocenters. The first-order chi connectivity index (χ1) is 9.48. The molecule has 0 aromatic heterocycles. The van der Waals surface area contributed by atoms with Crippen molar-refractivity contribution in [2.45, 2.75) is 35.6 Å². The third-order valence-electron chi connectivity index (χ3n) is 1.86. The fourth-order valence-electron chi connectivity index (χ4n) is 0.854. The Balaban J connectivity index is 4.58. The minimum atomic E-state index is -6.02. The number of carbonyl (C=O) groups is 1. The first kappa shape index (κ1) is 21.0. The molecule has 0 heterocycles. The van der Waals surface area contributed by atoms with Crippen LogP contribution in [0.15, 0.2) is 0 Å². The average molecular weight is 419 g/mol. The minimum absolute atomic E-state index is 1.31. The van der Waals surface area contributed by atoms with Crippen LogP contribution in [0.25, 0.3) is 0 Å². The Kier molecular flexibility index (Phi) is 6.37. The summed E-state index contributed by atoms with van der Waals surface area (Å²) in [6.45, 7) is -1.60. The van der Waals surface area contributed by atoms with Crippen molar-refractivity contribution in [3.05, 3.63) is 0 Å². The molecule has 0 saturated heterocycles. The molecule has 0 aliphatic rings. The van der Waals surface area contributed by atoms with Crippen LogP contribution < -0.4 is 0 Å². The van der Waals surface area contributed by atoms with Crippen molar-refractivity contribution in [3.63, 3.8) is 0 Å². The molecule has 0 atom stereocenters. The molecule has 0 radical (unpaired) electrons. The molecular weight excluding hydrogens is 414 g/mol. The summed E-state index contributed by atoms with van der Waals surface area (Å²) in [5.74, 6) is -4.76. The smallest absolute Gasteiger partial charge is 0.434 e. The van der Waals surface area contributed by atoms with E-state index in [9.17, 15) is 48.7 Å². The van der Waals surface area contributed by atoms with Gasteiger partial charge in [0.2, 0.25) is 0 Å². The van der Waals surface area contributed by atoms with Crippen LogP contribution in [0.3, 0.4) is 0 Å². The Hall–Kier alpha value is -0.950. The molecule has 132 valence electrons. The number of hydrogen-bond donors (Lipinski definition) is 0. The maximum absolute atomic E-state index is 12.6. The highest BCUT2D eigenvalue weighted by Crippen LogP contribution is 2.41. The van der Waals surface area contributed by atoms with Gasteiger partial charge in [-0.05, 0) is 15.9 Å². The van der Waals surface area contributed by atoms with Gasteiger partial charge in [0.05, 0.1) is 6.42 Å². The lowest BCUT2D eigenvalue weighted by atomic mass is 10.2. The number of halogens is 11. The normalized spacial score (nSPS) is 14.2. The van der Waals surface area contributed by atoms with Crippen LogP contribution in [0.1, 0.15) is 6.42 Å². The number of alkyl halides is 11. The fraction of sp³-hybridized carbons (Fsp3) is 0.875. The van der Waals surface area contributed by atoms with Crippen molar-refractivity contribution >= 4 is 22.1 Å². The van der Waals surface area contributed by atoms with E-state index in [4.69, 9.17) is 0 Å². The zero-order valence-electron chi connectivity index (χ0n) is 9.87. The number of rotatable bonds is 5. The van der Waals surface area contributed by atoms with Crippen molar-refractivity contribution in [1.29, 1.82) is 0 Å². The topological polar surface area (TPSA) is 35.5 Å². The van der Waals surface area contributed by atoms with Gasteiger partial charge in [0.25, 0.3) is 6.10 Å². The highest BCUT2D eigenvalue weighted by molar-refractivity contribution is 9.10. The van der Waals surface area contributed by atoms with E-state index in [0.29, 0.717) is 0 Å². The molecule has 0 fully saturated rings. The van der Waals surface area contributed by atoms with Gasteiger partial charge in [-0.1, -0.05) is 0 Å². The summed E-state index contributed by atoms with van der Waals surface area (Å²) in [5.41, 5.74) is 0. The van der Waals surface area contributed by atoms with E-state index in [1.54, 1.807) is 0 Å². The first-order valence-corrected chi connectivity index (χ1v) is 5.69. The van der Waals surface area contributed by atoms with Crippen molar-refractivity contribution in [2.24, 2.45) is 0 Å². The van der Waals surface area contributed by atoms with Gasteiger partial charge >= 0.3 is 29.3 Å². The van der Waals surface area contributed by atoms with E-state index in [1.807, 2.05) is 0 Å². The third kappa shape index (κ3) is 6.44. The van der Waals surface area contributed by atoms with Crippen molar-refractivity contribution in [1.82, 2.24) is 0 Å². The fourth-order valence-corrected chi connectivity index (χ4v) is 1.05. The van der Waals surface area contributed by atoms with Gasteiger partial charge < -0.3 is 9.47 Å². The van der Waals surface area contributed by atoms with Crippen LogP contribution in [-0.4, -0.2) is 42.0 Å². The summed E-state index contributed by atoms with van der Waals surface area (Å²) in [5, 5.41) is 0. The quantitative estimate of drug-likeness (QED) is 0.370. The summed E-state index contributed by atoms with van der Waals surface area (Å²) in [6.07, 6.45) is -21.0. The molecule has 0 N–H and O–H groups in total. The molecule has 0 aromatic rings. The molecule has 0 amide bonds. The van der Waals surface area contributed by atoms with E-state index < -0.39 is 48.4 Å². The van der Waals surface area contributed by atoms with E-state index in [-0.39, 0.29) is 0 Å². The Morgan fingerprint density at radius 2 is 1.32 bits per heavy atom. The molecule has 0 bridgehead atoms. The van der Waals surface area contributed by atoms with Gasteiger partial charge in [-0.3, -0.25) is 0 Å². The van der Waals surface area contributed by atoms with Gasteiger partial charge in [0.15, 0.2) is 0 Å². The molecular formula is C8H5BrF10O3. The summed E-state index contributed by atoms with van der Waals surface area (Å²) < 4.78 is 128. The number of ether oxygens (including phenoxy) is 2. The molecule has 0 saturated carbocycles. The Morgan fingerprint density at radius 1 is 0.909 bits per heavy atom. The lowest BCUT2D eigenvalue weighted by molar-refractivity contribution is -0.310. The summed E-state index contributed by atoms with van der Waals surface area (Å²) in [4.78, 5) is 5.88. The van der Waals surface area contributed by atoms with Crippen LogP contribution in [0.4, 0.5) is 48.7 Å². The summed E-state index contributed by atoms with van der Waals surface area (Å²) in [7, 11) is 0. The zero-order chi connectivity index (χ0) is 18.0. The highest BCUT2D eigenvalue weighted by Gasteiger charge is 2.60. The Morgan fingerprint density at radius 3 is 1.64 bits per heavy atom. The Labute approximate surface area is 123 Å². The molecule has 0 aliphatic heterocycles. The average Bonchev–Trinajstić information content (AvgIpc) is 2.20. The molecule has 0 spiro atoms. The largest absolute Gasteiger partial charge is 0.509 e. The molecule has 3 nitrogen and oxygen atoms in total. The second-order valence-electron chi connectivity index (χ2n) is 3.63. The van der Waals surface area contributed by atoms with Crippen LogP contribution in [-0.2, 0) is 9.47 Å². The summed E-state index contributed by atoms with van der Waals surface area (Å²) in [6, 6.07) is 0. The monoisotopic (exact) mass is 418 g/mol. The molecule has 0 rings (SSSR count). The van der Waals surface area contributed by atoms with Gasteiger partial charge in [-0.25, -0.2) is 4.79 Å². The second-order valence-corrected chi connectivity index (χ2v) is 4.63. The van der Waals surface area contributed by atoms with Gasteiger partial charge in [-0.15, -0.1) is 0 Å². The van der Waals surface area contributed by atoms with Crippen molar-refractivity contribution in [3.8, 4) is 0 Å². The number of hydrogen-bond acceptors (Lipinski definition) is 3. The van der Waals surface area contributed by atoms with Crippen molar-refractivity contribution < 1.29 is 58.2 Å². The van der Waals surface area contributed by atoms with E-state index in [1.165, 1.54) is 15.9 Å². The van der Waals surface area contributed by atoms with Crippen LogP contribution in [0.5, 0.6) is 0 Å². The predicted octanol–water partition coefficient (Wildman–Crippen LogP) is 4.65. The maximum atomic E-state index is 12.6. The SMILES string of the molecule is O=C(OCCC(F)(F)C(F)(F)Br)OC(C(F)(F)F)C(F)(F)F. The standard InChI is InChI=1S/C8H5BrF10O3/c9-8(18,19)5(10,11)1-2-21-4(20)22-3(6(12,13)14)7(15,16)17/h3H,1-2H2. The highest BCUT2D eigenvalue weighted by atomic mass is 79.9. The third-order valence-corrected chi connectivity index (χ3v) is 2.44. The van der Waals surface area contributed by atoms with Crippen molar-refractivity contribution in [2.75, 3.05) is 6.61 Å². The molecule has 0 aliphatic carbocycles. The molecule has 0 aromatic carbocycles. The Bertz CT molecular complexity index is 371. The first-order valence-electron chi connectivity index (χ1n) is 4.90. The second kappa shape index (κ2) is 6.66. The van der Waals surface area contributed by atoms with Crippen LogP contribution in [0.2, 0.25) is 0 Å². The number of carbonyl (C=O) groups excluding carboxylic acids is 1. The predicted molar refractivity (Wildman–Crippen MR) is 51.8 cm³/mol.